The van der Waals surface area contributed by atoms with E-state index < -0.39 is 75.0 Å². The van der Waals surface area contributed by atoms with E-state index >= 15 is 0 Å². The quantitative estimate of drug-likeness (QED) is 0.138. The number of nitrogens with one attached hydrogen (secondary N) is 1. The summed E-state index contributed by atoms with van der Waals surface area (Å²) in [7, 11) is 0. The maximum atomic E-state index is 14.3. The minimum Gasteiger partial charge on any atom is -0.272 e. The van der Waals surface area contributed by atoms with Crippen molar-refractivity contribution in [2.45, 2.75) is 49.1 Å². The molecule has 21 heteroatoms. The van der Waals surface area contributed by atoms with Crippen molar-refractivity contribution in [1.82, 2.24) is 0 Å². The highest BCUT2D eigenvalue weighted by molar-refractivity contribution is 5.68. The Morgan fingerprint density at radius 3 is 1.73 bits per heavy atom. The lowest BCUT2D eigenvalue weighted by Crippen LogP contribution is -2.71. The highest BCUT2D eigenvalue weighted by Gasteiger charge is 2.91. The monoisotopic (exact) mass is 570 g/mol. The summed E-state index contributed by atoms with van der Waals surface area (Å²) in [5, 5.41) is 24.4. The topological polar surface area (TPSA) is 111 Å². The van der Waals surface area contributed by atoms with Gasteiger partial charge in [-0.3, -0.25) is 25.7 Å². The molecule has 0 radical (unpaired) electrons. The molecule has 0 heterocycles. The van der Waals surface area contributed by atoms with Crippen molar-refractivity contribution in [2.24, 2.45) is 11.0 Å². The van der Waals surface area contributed by atoms with Crippen molar-refractivity contribution in [2.75, 3.05) is 5.43 Å². The normalized spacial score (nSPS) is 15.1. The van der Waals surface area contributed by atoms with Crippen LogP contribution in [-0.4, -0.2) is 51.9 Å². The van der Waals surface area contributed by atoms with E-state index in [0.29, 0.717) is 25.1 Å². The number of alkyl halides is 13. The minimum absolute atomic E-state index is 0.335. The van der Waals surface area contributed by atoms with Gasteiger partial charge in [0.1, 0.15) is 5.69 Å². The van der Waals surface area contributed by atoms with Gasteiger partial charge in [0.25, 0.3) is 5.69 Å². The molecule has 0 spiro atoms. The van der Waals surface area contributed by atoms with Gasteiger partial charge in [0.15, 0.2) is 0 Å². The summed E-state index contributed by atoms with van der Waals surface area (Å²) in [5.41, 5.74) is -1.20. The fourth-order valence-electron chi connectivity index (χ4n) is 2.55. The van der Waals surface area contributed by atoms with Gasteiger partial charge in [-0.1, -0.05) is 6.92 Å². The maximum Gasteiger partial charge on any atom is 0.460 e. The molecule has 1 rings (SSSR count). The van der Waals surface area contributed by atoms with E-state index in [1.165, 1.54) is 0 Å². The van der Waals surface area contributed by atoms with Crippen molar-refractivity contribution in [3.05, 3.63) is 38.4 Å². The van der Waals surface area contributed by atoms with Crippen molar-refractivity contribution in [3.63, 3.8) is 0 Å². The molecular weight excluding hydrogens is 559 g/mol. The first-order valence-corrected chi connectivity index (χ1v) is 9.09. The molecule has 210 valence electrons. The van der Waals surface area contributed by atoms with Crippen LogP contribution in [0.3, 0.4) is 0 Å². The Kier molecular flexibility index (Phi) is 8.37. The lowest BCUT2D eigenvalue weighted by atomic mass is 9.86. The van der Waals surface area contributed by atoms with E-state index in [-0.39, 0.29) is 6.21 Å². The summed E-state index contributed by atoms with van der Waals surface area (Å²) < 4.78 is 173. The molecule has 0 aliphatic carbocycles. The zero-order valence-corrected chi connectivity index (χ0v) is 17.5. The number of anilines is 1. The summed E-state index contributed by atoms with van der Waals surface area (Å²) in [4.78, 5) is 19.3. The number of hydrazone groups is 1. The third-order valence-corrected chi connectivity index (χ3v) is 4.69. The molecule has 0 unspecified atom stereocenters. The molecule has 1 aromatic rings. The molecular formula is C16H11F13N4O4. The average molecular weight is 570 g/mol. The molecule has 8 nitrogen and oxygen atoms in total. The van der Waals surface area contributed by atoms with E-state index in [1.807, 2.05) is 0 Å². The van der Waals surface area contributed by atoms with Crippen LogP contribution in [0.15, 0.2) is 23.3 Å². The Morgan fingerprint density at radius 1 is 0.838 bits per heavy atom. The van der Waals surface area contributed by atoms with Gasteiger partial charge in [0, 0.05) is 12.3 Å². The summed E-state index contributed by atoms with van der Waals surface area (Å²) in [6.45, 7) is 0.551. The Labute approximate surface area is 195 Å². The second-order valence-corrected chi connectivity index (χ2v) is 7.04. The van der Waals surface area contributed by atoms with Crippen LogP contribution in [0.25, 0.3) is 0 Å². The average Bonchev–Trinajstić information content (AvgIpc) is 2.74. The number of rotatable bonds is 11. The van der Waals surface area contributed by atoms with Gasteiger partial charge >= 0.3 is 41.5 Å². The molecule has 0 saturated carbocycles. The van der Waals surface area contributed by atoms with E-state index in [0.717, 1.165) is 0 Å². The molecule has 0 aromatic heterocycles. The molecule has 0 bridgehead atoms. The van der Waals surface area contributed by atoms with Crippen LogP contribution in [0.1, 0.15) is 13.3 Å². The van der Waals surface area contributed by atoms with Crippen LogP contribution >= 0.6 is 0 Å². The lowest BCUT2D eigenvalue weighted by molar-refractivity contribution is -0.441. The van der Waals surface area contributed by atoms with Gasteiger partial charge in [-0.25, -0.2) is 0 Å². The van der Waals surface area contributed by atoms with Gasteiger partial charge in [0.05, 0.1) is 21.8 Å². The van der Waals surface area contributed by atoms with Crippen LogP contribution < -0.4 is 5.43 Å². The standard InChI is InChI=1S/C16H11F13N4O4/c1-2-7(6-30-31-9-4-3-8(32(34)35)5-10(9)33(36)37)11(17,18)12(19,20)13(21,22)14(23,24)15(25,26)16(27,28)29/h3-7,31H,2H2,1H3/b30-6-/t7-/m0/s1. The molecule has 0 saturated heterocycles. The first kappa shape index (κ1) is 31.6. The Balaban J connectivity index is 3.42. The fourth-order valence-corrected chi connectivity index (χ4v) is 2.55. The highest BCUT2D eigenvalue weighted by atomic mass is 19.4. The van der Waals surface area contributed by atoms with Crippen molar-refractivity contribution in [1.29, 1.82) is 0 Å². The van der Waals surface area contributed by atoms with E-state index in [4.69, 9.17) is 0 Å². The predicted molar refractivity (Wildman–Crippen MR) is 96.4 cm³/mol. The molecule has 0 fully saturated rings. The Bertz CT molecular complexity index is 1060. The minimum atomic E-state index is -8.06. The maximum absolute atomic E-state index is 14.3. The van der Waals surface area contributed by atoms with Gasteiger partial charge < -0.3 is 0 Å². The van der Waals surface area contributed by atoms with Gasteiger partial charge in [-0.05, 0) is 12.5 Å². The first-order valence-electron chi connectivity index (χ1n) is 9.09. The molecule has 0 aliphatic heterocycles. The number of non-ortho nitro benzene ring substituents is 1. The summed E-state index contributed by atoms with van der Waals surface area (Å²) >= 11 is 0. The van der Waals surface area contributed by atoms with Crippen LogP contribution in [-0.2, 0) is 0 Å². The molecule has 0 aliphatic rings. The summed E-state index contributed by atoms with van der Waals surface area (Å²) in [6.07, 6.45) is -9.30. The zero-order valence-electron chi connectivity index (χ0n) is 17.5. The third kappa shape index (κ3) is 5.20. The second kappa shape index (κ2) is 9.80. The fraction of sp³-hybridized carbons (Fsp3) is 0.562. The Morgan fingerprint density at radius 2 is 1.32 bits per heavy atom. The second-order valence-electron chi connectivity index (χ2n) is 7.04. The summed E-state index contributed by atoms with van der Waals surface area (Å²) in [6, 6.07) is 1.53. The number of benzene rings is 1. The Hall–Kier alpha value is -3.42. The SMILES string of the molecule is CC[C@@H](/C=N\Nc1ccc([N+](=O)[O-])cc1[N+](=O)[O-])C(F)(F)C(F)(F)C(F)(F)C(F)(F)C(F)(F)C(F)(F)F. The lowest BCUT2D eigenvalue weighted by Gasteiger charge is -2.41. The van der Waals surface area contributed by atoms with Crippen molar-refractivity contribution >= 4 is 23.3 Å². The van der Waals surface area contributed by atoms with Crippen molar-refractivity contribution in [3.8, 4) is 0 Å². The number of nitro benzene ring substituents is 2. The molecule has 1 N–H and O–H groups in total. The van der Waals surface area contributed by atoms with Crippen LogP contribution in [0.2, 0.25) is 0 Å². The number of nitro groups is 2. The highest BCUT2D eigenvalue weighted by Crippen LogP contribution is 2.61. The van der Waals surface area contributed by atoms with E-state index in [9.17, 15) is 77.3 Å². The largest absolute Gasteiger partial charge is 0.460 e. The van der Waals surface area contributed by atoms with Gasteiger partial charge in [-0.2, -0.15) is 62.2 Å². The summed E-state index contributed by atoms with van der Waals surface area (Å²) in [5.74, 6) is -41.2. The van der Waals surface area contributed by atoms with Crippen molar-refractivity contribution < 1.29 is 66.9 Å². The number of halogens is 13. The van der Waals surface area contributed by atoms with Gasteiger partial charge in [-0.15, -0.1) is 0 Å². The number of nitrogens with zero attached hydrogens (tertiary/aromatic N) is 3. The van der Waals surface area contributed by atoms with Crippen LogP contribution in [0.4, 0.5) is 74.1 Å². The molecule has 1 atom stereocenters. The number of hydrogen-bond acceptors (Lipinski definition) is 6. The predicted octanol–water partition coefficient (Wildman–Crippen LogP) is 6.67. The van der Waals surface area contributed by atoms with E-state index in [2.05, 4.69) is 5.10 Å². The third-order valence-electron chi connectivity index (χ3n) is 4.69. The smallest absolute Gasteiger partial charge is 0.272 e. The first-order chi connectivity index (χ1) is 16.4. The number of hydrogen-bond donors (Lipinski definition) is 1. The molecule has 0 amide bonds. The van der Waals surface area contributed by atoms with Crippen LogP contribution in [0, 0.1) is 26.1 Å². The zero-order chi connectivity index (χ0) is 29.4. The molecule has 1 aromatic carbocycles. The van der Waals surface area contributed by atoms with E-state index in [1.54, 1.807) is 5.43 Å². The molecule has 37 heavy (non-hydrogen) atoms. The van der Waals surface area contributed by atoms with Crippen LogP contribution in [0.5, 0.6) is 0 Å². The van der Waals surface area contributed by atoms with Gasteiger partial charge in [0.2, 0.25) is 0 Å².